The molecule has 3 rings (SSSR count). The first-order chi connectivity index (χ1) is 12.9. The average molecular weight is 379 g/mol. The highest BCUT2D eigenvalue weighted by molar-refractivity contribution is 7.19. The van der Waals surface area contributed by atoms with E-state index in [0.29, 0.717) is 22.6 Å². The van der Waals surface area contributed by atoms with Crippen molar-refractivity contribution in [2.24, 2.45) is 5.92 Å². The van der Waals surface area contributed by atoms with E-state index < -0.39 is 5.92 Å². The van der Waals surface area contributed by atoms with E-state index in [1.54, 1.807) is 42.5 Å². The largest absolute Gasteiger partial charge is 0.508 e. The highest BCUT2D eigenvalue weighted by Gasteiger charge is 2.21. The lowest BCUT2D eigenvalue weighted by Gasteiger charge is -2.16. The second-order valence-corrected chi connectivity index (χ2v) is 7.31. The van der Waals surface area contributed by atoms with Crippen molar-refractivity contribution in [3.05, 3.63) is 53.0 Å². The highest BCUT2D eigenvalue weighted by atomic mass is 32.1. The number of hydrogen-bond acceptors (Lipinski definition) is 6. The normalized spacial score (nSPS) is 11.7. The summed E-state index contributed by atoms with van der Waals surface area (Å²) in [6.07, 6.45) is 0.529. The molecular formula is C20H17N3O3S. The van der Waals surface area contributed by atoms with Crippen molar-refractivity contribution in [3.63, 3.8) is 0 Å². The fourth-order valence-electron chi connectivity index (χ4n) is 2.82. The van der Waals surface area contributed by atoms with E-state index in [1.165, 1.54) is 18.3 Å². The van der Waals surface area contributed by atoms with E-state index >= 15 is 0 Å². The summed E-state index contributed by atoms with van der Waals surface area (Å²) in [5.41, 5.74) is 2.17. The molecular weight excluding hydrogens is 362 g/mol. The molecule has 27 heavy (non-hydrogen) atoms. The minimum atomic E-state index is -0.515. The second kappa shape index (κ2) is 7.98. The van der Waals surface area contributed by atoms with Crippen LogP contribution in [-0.2, 0) is 16.0 Å². The minimum absolute atomic E-state index is 0.0644. The number of rotatable bonds is 6. The van der Waals surface area contributed by atoms with Gasteiger partial charge in [-0.25, -0.2) is 4.98 Å². The summed E-state index contributed by atoms with van der Waals surface area (Å²) < 4.78 is 0.811. The van der Waals surface area contributed by atoms with Gasteiger partial charge in [-0.2, -0.15) is 5.26 Å². The second-order valence-electron chi connectivity index (χ2n) is 6.28. The van der Waals surface area contributed by atoms with Gasteiger partial charge in [-0.1, -0.05) is 12.1 Å². The van der Waals surface area contributed by atoms with Crippen molar-refractivity contribution in [3.8, 4) is 11.8 Å². The number of nitriles is 1. The van der Waals surface area contributed by atoms with Crippen LogP contribution in [0.5, 0.6) is 5.75 Å². The van der Waals surface area contributed by atoms with Gasteiger partial charge in [-0.05, 0) is 49.2 Å². The van der Waals surface area contributed by atoms with Crippen molar-refractivity contribution in [1.29, 1.82) is 5.26 Å². The van der Waals surface area contributed by atoms with Crippen molar-refractivity contribution >= 4 is 38.9 Å². The molecule has 1 aromatic heterocycles. The maximum absolute atomic E-state index is 12.7. The molecule has 7 heteroatoms. The van der Waals surface area contributed by atoms with Crippen molar-refractivity contribution in [2.75, 3.05) is 5.32 Å². The molecule has 0 saturated carbocycles. The molecule has 3 aromatic rings. The summed E-state index contributed by atoms with van der Waals surface area (Å²) in [6.45, 7) is 1.46. The number of carbonyl (C=O) groups is 2. The maximum atomic E-state index is 12.7. The summed E-state index contributed by atoms with van der Waals surface area (Å²) >= 11 is 1.26. The van der Waals surface area contributed by atoms with E-state index in [2.05, 4.69) is 10.3 Å². The Morgan fingerprint density at radius 2 is 2.00 bits per heavy atom. The molecule has 2 aromatic carbocycles. The summed E-state index contributed by atoms with van der Waals surface area (Å²) in [7, 11) is 0. The molecule has 0 aliphatic heterocycles. The molecule has 0 radical (unpaired) electrons. The van der Waals surface area contributed by atoms with Crippen LogP contribution in [0.2, 0.25) is 0 Å². The van der Waals surface area contributed by atoms with Crippen LogP contribution in [0, 0.1) is 17.2 Å². The van der Waals surface area contributed by atoms with Crippen LogP contribution in [0.25, 0.3) is 10.2 Å². The van der Waals surface area contributed by atoms with Gasteiger partial charge in [0.15, 0.2) is 5.01 Å². The molecule has 0 aliphatic rings. The van der Waals surface area contributed by atoms with Crippen LogP contribution < -0.4 is 5.32 Å². The van der Waals surface area contributed by atoms with Gasteiger partial charge in [-0.3, -0.25) is 4.79 Å². The first kappa shape index (κ1) is 18.5. The summed E-state index contributed by atoms with van der Waals surface area (Å²) in [4.78, 5) is 28.5. The number of aromatic nitrogens is 1. The molecule has 1 amide bonds. The number of benzene rings is 2. The van der Waals surface area contributed by atoms with Gasteiger partial charge < -0.3 is 15.2 Å². The third-order valence-electron chi connectivity index (χ3n) is 4.07. The van der Waals surface area contributed by atoms with Crippen LogP contribution in [0.15, 0.2) is 42.5 Å². The number of thiazole rings is 1. The summed E-state index contributed by atoms with van der Waals surface area (Å²) in [5, 5.41) is 21.6. The first-order valence-corrected chi connectivity index (χ1v) is 9.15. The Labute approximate surface area is 160 Å². The predicted molar refractivity (Wildman–Crippen MR) is 104 cm³/mol. The Hall–Kier alpha value is -3.24. The lowest BCUT2D eigenvalue weighted by molar-refractivity contribution is -0.125. The quantitative estimate of drug-likeness (QED) is 0.680. The zero-order valence-electron chi connectivity index (χ0n) is 14.6. The number of nitrogens with zero attached hydrogens (tertiary/aromatic N) is 2. The number of aromatic hydroxyl groups is 1. The number of phenols is 1. The zero-order valence-corrected chi connectivity index (χ0v) is 15.4. The van der Waals surface area contributed by atoms with Crippen molar-refractivity contribution in [2.45, 2.75) is 19.8 Å². The minimum Gasteiger partial charge on any atom is -0.508 e. The van der Waals surface area contributed by atoms with E-state index in [0.717, 1.165) is 10.3 Å². The lowest BCUT2D eigenvalue weighted by atomic mass is 9.93. The number of ketones is 1. The summed E-state index contributed by atoms with van der Waals surface area (Å²) in [5.74, 6) is -0.673. The Bertz CT molecular complexity index is 1030. The maximum Gasteiger partial charge on any atom is 0.228 e. The Kier molecular flexibility index (Phi) is 5.48. The summed E-state index contributed by atoms with van der Waals surface area (Å²) in [6, 6.07) is 13.9. The van der Waals surface area contributed by atoms with E-state index in [-0.39, 0.29) is 23.9 Å². The van der Waals surface area contributed by atoms with Gasteiger partial charge in [0.2, 0.25) is 5.91 Å². The van der Waals surface area contributed by atoms with E-state index in [4.69, 9.17) is 5.26 Å². The Morgan fingerprint density at radius 1 is 1.26 bits per heavy atom. The molecule has 6 nitrogen and oxygen atoms in total. The number of hydrogen-bond donors (Lipinski definition) is 2. The molecule has 0 fully saturated rings. The van der Waals surface area contributed by atoms with Crippen LogP contribution in [0.4, 0.5) is 5.69 Å². The highest BCUT2D eigenvalue weighted by Crippen LogP contribution is 2.26. The number of fused-ring (bicyclic) bond motifs is 1. The average Bonchev–Trinajstić information content (AvgIpc) is 3.05. The molecule has 1 heterocycles. The molecule has 0 aliphatic carbocycles. The Morgan fingerprint density at radius 3 is 2.67 bits per heavy atom. The first-order valence-electron chi connectivity index (χ1n) is 8.33. The van der Waals surface area contributed by atoms with Gasteiger partial charge in [0.1, 0.15) is 17.6 Å². The smallest absolute Gasteiger partial charge is 0.228 e. The third kappa shape index (κ3) is 4.68. The van der Waals surface area contributed by atoms with E-state index in [1.807, 2.05) is 6.07 Å². The topological polar surface area (TPSA) is 103 Å². The molecule has 136 valence electrons. The number of nitrogens with one attached hydrogen (secondary N) is 1. The predicted octanol–water partition coefficient (Wildman–Crippen LogP) is 3.65. The van der Waals surface area contributed by atoms with Gasteiger partial charge in [0.25, 0.3) is 0 Å². The SMILES string of the molecule is CC(=O)CC(Cc1ccc(O)cc1)C(=O)Nc1ccc2nc(C#N)sc2c1. The zero-order chi connectivity index (χ0) is 19.4. The lowest BCUT2D eigenvalue weighted by Crippen LogP contribution is -2.26. The molecule has 1 atom stereocenters. The van der Waals surface area contributed by atoms with Gasteiger partial charge >= 0.3 is 0 Å². The monoisotopic (exact) mass is 379 g/mol. The van der Waals surface area contributed by atoms with Gasteiger partial charge in [0, 0.05) is 18.0 Å². The molecule has 2 N–H and O–H groups in total. The fraction of sp³-hybridized carbons (Fsp3) is 0.200. The third-order valence-corrected chi connectivity index (χ3v) is 5.00. The molecule has 0 saturated heterocycles. The fourth-order valence-corrected chi connectivity index (χ4v) is 3.62. The molecule has 0 spiro atoms. The molecule has 1 unspecified atom stereocenters. The number of anilines is 1. The van der Waals surface area contributed by atoms with Crippen molar-refractivity contribution < 1.29 is 14.7 Å². The molecule has 0 bridgehead atoms. The van der Waals surface area contributed by atoms with Crippen LogP contribution in [0.1, 0.15) is 23.9 Å². The van der Waals surface area contributed by atoms with Crippen LogP contribution in [0.3, 0.4) is 0 Å². The van der Waals surface area contributed by atoms with Crippen LogP contribution in [-0.4, -0.2) is 21.8 Å². The number of carbonyl (C=O) groups excluding carboxylic acids is 2. The number of Topliss-reactive ketones (excluding diaryl/α,β-unsaturated/α-hetero) is 1. The van der Waals surface area contributed by atoms with Crippen LogP contribution >= 0.6 is 11.3 Å². The Balaban J connectivity index is 1.78. The van der Waals surface area contributed by atoms with Gasteiger partial charge in [-0.15, -0.1) is 11.3 Å². The van der Waals surface area contributed by atoms with Crippen molar-refractivity contribution in [1.82, 2.24) is 4.98 Å². The number of amides is 1. The van der Waals surface area contributed by atoms with E-state index in [9.17, 15) is 14.7 Å². The number of phenolic OH excluding ortho intramolecular Hbond substituents is 1. The van der Waals surface area contributed by atoms with Gasteiger partial charge in [0.05, 0.1) is 10.2 Å². The standard InChI is InChI=1S/C20H17N3O3S/c1-12(24)8-14(9-13-2-5-16(25)6-3-13)20(26)22-15-4-7-17-18(10-15)27-19(11-21)23-17/h2-7,10,14,25H,8-9H2,1H3,(H,22,26).